The number of fused-ring (bicyclic) bond motifs is 3. The molecule has 0 aliphatic heterocycles. The Morgan fingerprint density at radius 1 is 0.963 bits per heavy atom. The molecule has 3 aromatic heterocycles. The summed E-state index contributed by atoms with van der Waals surface area (Å²) in [5, 5.41) is 8.72. The minimum absolute atomic E-state index is 0.545. The Bertz CT molecular complexity index is 1410. The number of benzene rings is 3. The van der Waals surface area contributed by atoms with Gasteiger partial charge in [0.2, 0.25) is 5.89 Å². The molecule has 6 aromatic rings. The standard InChI is InChI=1S/C21H11N4OS/c1-2-6-14-12(5-1)19(25-24-14)13-9-10-17-20(22-11-27-17)18(13)21-23-15-7-3-4-8-16(15)26-21/h1-10H,(H,24,25). The lowest BCUT2D eigenvalue weighted by molar-refractivity contribution is 0.620. The van der Waals surface area contributed by atoms with Crippen molar-refractivity contribution in [2.45, 2.75) is 0 Å². The van der Waals surface area contributed by atoms with Crippen LogP contribution in [0.15, 0.2) is 65.1 Å². The van der Waals surface area contributed by atoms with Crippen LogP contribution in [0.2, 0.25) is 0 Å². The van der Waals surface area contributed by atoms with E-state index in [1.165, 1.54) is 11.3 Å². The molecule has 0 unspecified atom stereocenters. The first-order chi connectivity index (χ1) is 13.4. The van der Waals surface area contributed by atoms with Gasteiger partial charge in [-0.2, -0.15) is 5.10 Å². The third-order valence-corrected chi connectivity index (χ3v) is 5.42. The molecular formula is C21H11N4OS. The number of aromatic nitrogens is 4. The second kappa shape index (κ2) is 5.49. The molecule has 0 aliphatic rings. The van der Waals surface area contributed by atoms with Gasteiger partial charge in [0, 0.05) is 10.9 Å². The van der Waals surface area contributed by atoms with Crippen LogP contribution in [0.1, 0.15) is 0 Å². The molecule has 0 fully saturated rings. The summed E-state index contributed by atoms with van der Waals surface area (Å²) >= 11 is 1.48. The van der Waals surface area contributed by atoms with Gasteiger partial charge < -0.3 is 4.42 Å². The number of nitrogens with one attached hydrogen (secondary N) is 1. The maximum Gasteiger partial charge on any atom is 0.230 e. The molecule has 0 amide bonds. The minimum atomic E-state index is 0.545. The zero-order chi connectivity index (χ0) is 17.8. The van der Waals surface area contributed by atoms with E-state index < -0.39 is 0 Å². The summed E-state index contributed by atoms with van der Waals surface area (Å²) in [6.07, 6.45) is 0. The number of rotatable bonds is 2. The third-order valence-electron chi connectivity index (χ3n) is 4.69. The van der Waals surface area contributed by atoms with E-state index in [0.29, 0.717) is 5.89 Å². The van der Waals surface area contributed by atoms with Crippen LogP contribution in [0, 0.1) is 5.51 Å². The minimum Gasteiger partial charge on any atom is -0.436 e. The predicted octanol–water partition coefficient (Wildman–Crippen LogP) is 5.45. The third kappa shape index (κ3) is 2.14. The summed E-state index contributed by atoms with van der Waals surface area (Å²) < 4.78 is 7.12. The maximum absolute atomic E-state index is 6.08. The predicted molar refractivity (Wildman–Crippen MR) is 107 cm³/mol. The molecule has 0 bridgehead atoms. The molecule has 0 atom stereocenters. The number of aromatic amines is 1. The number of hydrogen-bond donors (Lipinski definition) is 1. The van der Waals surface area contributed by atoms with Crippen molar-refractivity contribution in [3.05, 3.63) is 66.2 Å². The lowest BCUT2D eigenvalue weighted by atomic mass is 10.0. The van der Waals surface area contributed by atoms with E-state index in [1.54, 1.807) is 0 Å². The van der Waals surface area contributed by atoms with Gasteiger partial charge in [-0.1, -0.05) is 36.4 Å². The van der Waals surface area contributed by atoms with E-state index in [9.17, 15) is 0 Å². The Kier molecular flexibility index (Phi) is 2.98. The van der Waals surface area contributed by atoms with E-state index in [-0.39, 0.29) is 0 Å². The molecule has 6 heteroatoms. The van der Waals surface area contributed by atoms with Crippen LogP contribution in [0.5, 0.6) is 0 Å². The molecule has 127 valence electrons. The average Bonchev–Trinajstić information content (AvgIpc) is 3.43. The van der Waals surface area contributed by atoms with Crippen LogP contribution < -0.4 is 0 Å². The van der Waals surface area contributed by atoms with Gasteiger partial charge in [-0.3, -0.25) is 5.10 Å². The van der Waals surface area contributed by atoms with Gasteiger partial charge in [0.25, 0.3) is 0 Å². The fourth-order valence-corrected chi connectivity index (χ4v) is 4.06. The van der Waals surface area contributed by atoms with Gasteiger partial charge in [-0.25, -0.2) is 9.97 Å². The number of H-pyrrole nitrogens is 1. The molecular weight excluding hydrogens is 356 g/mol. The van der Waals surface area contributed by atoms with Gasteiger partial charge >= 0.3 is 0 Å². The number of hydrogen-bond acceptors (Lipinski definition) is 5. The highest BCUT2D eigenvalue weighted by atomic mass is 32.1. The summed E-state index contributed by atoms with van der Waals surface area (Å²) in [6, 6.07) is 19.9. The van der Waals surface area contributed by atoms with Gasteiger partial charge in [-0.05, 0) is 24.3 Å². The van der Waals surface area contributed by atoms with Gasteiger partial charge in [-0.15, -0.1) is 11.3 Å². The summed E-state index contributed by atoms with van der Waals surface area (Å²) in [5.74, 6) is 0.545. The second-order valence-electron chi connectivity index (χ2n) is 6.24. The number of nitrogens with zero attached hydrogens (tertiary/aromatic N) is 3. The highest BCUT2D eigenvalue weighted by Gasteiger charge is 2.21. The van der Waals surface area contributed by atoms with Crippen molar-refractivity contribution in [1.82, 2.24) is 20.2 Å². The van der Waals surface area contributed by atoms with Crippen molar-refractivity contribution in [3.63, 3.8) is 0 Å². The van der Waals surface area contributed by atoms with Crippen molar-refractivity contribution in [2.24, 2.45) is 0 Å². The number of thiazole rings is 1. The zero-order valence-electron chi connectivity index (χ0n) is 13.9. The monoisotopic (exact) mass is 367 g/mol. The lowest BCUT2D eigenvalue weighted by Gasteiger charge is -2.06. The van der Waals surface area contributed by atoms with Crippen LogP contribution >= 0.6 is 11.3 Å². The molecule has 5 nitrogen and oxygen atoms in total. The highest BCUT2D eigenvalue weighted by molar-refractivity contribution is 7.16. The van der Waals surface area contributed by atoms with Crippen molar-refractivity contribution in [2.75, 3.05) is 0 Å². The first-order valence-corrected chi connectivity index (χ1v) is 9.29. The van der Waals surface area contributed by atoms with E-state index >= 15 is 0 Å². The van der Waals surface area contributed by atoms with E-state index in [2.05, 4.69) is 38.9 Å². The SMILES string of the molecule is [c]1nc2c(-c3nc4ccccc4o3)c(-c3n[nH]c4ccccc34)ccc2s1. The first-order valence-electron chi connectivity index (χ1n) is 8.47. The molecule has 3 heterocycles. The van der Waals surface area contributed by atoms with Gasteiger partial charge in [0.1, 0.15) is 11.2 Å². The second-order valence-corrected chi connectivity index (χ2v) is 7.07. The highest BCUT2D eigenvalue weighted by Crippen LogP contribution is 2.40. The summed E-state index contributed by atoms with van der Waals surface area (Å²) in [5.41, 5.74) is 9.02. The van der Waals surface area contributed by atoms with Crippen LogP contribution in [0.25, 0.3) is 54.9 Å². The molecule has 3 aromatic carbocycles. The molecule has 0 spiro atoms. The summed E-state index contributed by atoms with van der Waals surface area (Å²) in [7, 11) is 0. The zero-order valence-corrected chi connectivity index (χ0v) is 14.7. The van der Waals surface area contributed by atoms with Crippen molar-refractivity contribution in [1.29, 1.82) is 0 Å². The molecule has 1 N–H and O–H groups in total. The maximum atomic E-state index is 6.08. The average molecular weight is 367 g/mol. The Balaban J connectivity index is 1.72. The van der Waals surface area contributed by atoms with Crippen LogP contribution in [-0.4, -0.2) is 20.2 Å². The normalized spacial score (nSPS) is 11.7. The first kappa shape index (κ1) is 14.6. The Morgan fingerprint density at radius 2 is 1.85 bits per heavy atom. The molecule has 1 radical (unpaired) electrons. The summed E-state index contributed by atoms with van der Waals surface area (Å²) in [6.45, 7) is 0. The fraction of sp³-hybridized carbons (Fsp3) is 0. The Labute approximate surface area is 157 Å². The smallest absolute Gasteiger partial charge is 0.230 e. The fourth-order valence-electron chi connectivity index (χ4n) is 3.44. The van der Waals surface area contributed by atoms with Gasteiger partial charge in [0.15, 0.2) is 11.1 Å². The van der Waals surface area contributed by atoms with E-state index in [1.807, 2.05) is 42.5 Å². The molecule has 27 heavy (non-hydrogen) atoms. The van der Waals surface area contributed by atoms with Crippen molar-refractivity contribution < 1.29 is 4.42 Å². The summed E-state index contributed by atoms with van der Waals surface area (Å²) in [4.78, 5) is 9.18. The van der Waals surface area contributed by atoms with Gasteiger partial charge in [0.05, 0.1) is 21.3 Å². The molecule has 0 saturated carbocycles. The topological polar surface area (TPSA) is 67.6 Å². The number of oxazole rings is 1. The molecule has 6 rings (SSSR count). The van der Waals surface area contributed by atoms with E-state index in [0.717, 1.165) is 49.0 Å². The Morgan fingerprint density at radius 3 is 2.81 bits per heavy atom. The quantitative estimate of drug-likeness (QED) is 0.442. The van der Waals surface area contributed by atoms with Crippen LogP contribution in [-0.2, 0) is 0 Å². The van der Waals surface area contributed by atoms with Crippen molar-refractivity contribution >= 4 is 43.6 Å². The lowest BCUT2D eigenvalue weighted by Crippen LogP contribution is -1.88. The number of para-hydroxylation sites is 3. The molecule has 0 saturated heterocycles. The molecule has 0 aliphatic carbocycles. The van der Waals surface area contributed by atoms with Crippen molar-refractivity contribution in [3.8, 4) is 22.7 Å². The van der Waals surface area contributed by atoms with E-state index in [4.69, 9.17) is 9.40 Å². The van der Waals surface area contributed by atoms with Crippen LogP contribution in [0.4, 0.5) is 0 Å². The largest absolute Gasteiger partial charge is 0.436 e. The van der Waals surface area contributed by atoms with Crippen LogP contribution in [0.3, 0.4) is 0 Å². The Hall–Kier alpha value is -3.51.